The Balaban J connectivity index is 2.22. The van der Waals surface area contributed by atoms with Crippen LogP contribution >= 0.6 is 0 Å². The Hall–Kier alpha value is -1.46. The molecular weight excluding hydrogens is 242 g/mol. The highest BCUT2D eigenvalue weighted by molar-refractivity contribution is 5.34. The van der Waals surface area contributed by atoms with Crippen LogP contribution in [-0.4, -0.2) is 36.5 Å². The van der Waals surface area contributed by atoms with Crippen LogP contribution in [0.5, 0.6) is 0 Å². The van der Waals surface area contributed by atoms with E-state index in [4.69, 9.17) is 0 Å². The number of benzene rings is 1. The molecule has 0 saturated carbocycles. The maximum atomic E-state index is 10.7. The van der Waals surface area contributed by atoms with Crippen molar-refractivity contribution in [3.05, 3.63) is 39.9 Å². The number of nitro benzene ring substituents is 1. The Bertz CT molecular complexity index is 433. The van der Waals surface area contributed by atoms with E-state index in [1.165, 1.54) is 12.0 Å². The first-order valence-corrected chi connectivity index (χ1v) is 6.80. The lowest BCUT2D eigenvalue weighted by Gasteiger charge is -2.27. The van der Waals surface area contributed by atoms with E-state index in [0.717, 1.165) is 19.6 Å². The lowest BCUT2D eigenvalue weighted by molar-refractivity contribution is -0.384. The van der Waals surface area contributed by atoms with Crippen molar-refractivity contribution in [3.63, 3.8) is 0 Å². The number of non-ortho nitro benzene ring substituents is 1. The molecule has 1 fully saturated rings. The minimum absolute atomic E-state index is 0.162. The van der Waals surface area contributed by atoms with Gasteiger partial charge in [-0.2, -0.15) is 0 Å². The quantitative estimate of drug-likeness (QED) is 0.653. The first-order chi connectivity index (χ1) is 9.17. The molecule has 0 spiro atoms. The number of likely N-dealkylation sites (tertiary alicyclic amines) is 1. The van der Waals surface area contributed by atoms with Crippen molar-refractivity contribution in [2.24, 2.45) is 5.92 Å². The number of rotatable bonds is 5. The van der Waals surface area contributed by atoms with E-state index in [9.17, 15) is 10.1 Å². The van der Waals surface area contributed by atoms with Gasteiger partial charge in [-0.15, -0.1) is 0 Å². The van der Waals surface area contributed by atoms with Gasteiger partial charge >= 0.3 is 0 Å². The average molecular weight is 263 g/mol. The second kappa shape index (κ2) is 6.12. The fraction of sp³-hybridized carbons (Fsp3) is 0.571. The molecule has 5 nitrogen and oxygen atoms in total. The highest BCUT2D eigenvalue weighted by Gasteiger charge is 2.33. The SMILES string of the molecule is CCN1CCC(CNC)C1c1ccc([N+](=O)[O-])cc1. The van der Waals surface area contributed by atoms with Crippen LogP contribution in [0, 0.1) is 16.0 Å². The van der Waals surface area contributed by atoms with E-state index in [0.29, 0.717) is 12.0 Å². The third kappa shape index (κ3) is 2.93. The Kier molecular flexibility index (Phi) is 4.50. The fourth-order valence-corrected chi connectivity index (χ4v) is 3.03. The normalized spacial score (nSPS) is 23.7. The standard InChI is InChI=1S/C14H21N3O2/c1-3-16-9-8-12(10-15-2)14(16)11-4-6-13(7-5-11)17(18)19/h4-7,12,14-15H,3,8-10H2,1-2H3. The van der Waals surface area contributed by atoms with Gasteiger partial charge in [0.1, 0.15) is 0 Å². The van der Waals surface area contributed by atoms with Crippen LogP contribution in [0.3, 0.4) is 0 Å². The highest BCUT2D eigenvalue weighted by Crippen LogP contribution is 2.37. The van der Waals surface area contributed by atoms with E-state index in [2.05, 4.69) is 17.1 Å². The molecule has 0 bridgehead atoms. The molecule has 1 aromatic rings. The van der Waals surface area contributed by atoms with Crippen molar-refractivity contribution in [3.8, 4) is 0 Å². The Morgan fingerprint density at radius 3 is 2.63 bits per heavy atom. The van der Waals surface area contributed by atoms with E-state index >= 15 is 0 Å². The molecule has 1 aliphatic heterocycles. The predicted molar refractivity (Wildman–Crippen MR) is 75.1 cm³/mol. The molecule has 1 heterocycles. The van der Waals surface area contributed by atoms with Crippen molar-refractivity contribution in [2.75, 3.05) is 26.7 Å². The van der Waals surface area contributed by atoms with Crippen LogP contribution in [0.1, 0.15) is 24.9 Å². The van der Waals surface area contributed by atoms with Crippen molar-refractivity contribution in [1.29, 1.82) is 0 Å². The van der Waals surface area contributed by atoms with Gasteiger partial charge in [0.05, 0.1) is 4.92 Å². The summed E-state index contributed by atoms with van der Waals surface area (Å²) in [4.78, 5) is 12.8. The van der Waals surface area contributed by atoms with Crippen LogP contribution in [0.4, 0.5) is 5.69 Å². The van der Waals surface area contributed by atoms with Crippen molar-refractivity contribution >= 4 is 5.69 Å². The maximum Gasteiger partial charge on any atom is 0.269 e. The minimum Gasteiger partial charge on any atom is -0.319 e. The zero-order chi connectivity index (χ0) is 13.8. The topological polar surface area (TPSA) is 58.4 Å². The maximum absolute atomic E-state index is 10.7. The molecule has 0 aliphatic carbocycles. The molecule has 1 N–H and O–H groups in total. The van der Waals surface area contributed by atoms with Gasteiger partial charge in [0.2, 0.25) is 0 Å². The van der Waals surface area contributed by atoms with Gasteiger partial charge in [0.25, 0.3) is 5.69 Å². The largest absolute Gasteiger partial charge is 0.319 e. The molecule has 19 heavy (non-hydrogen) atoms. The molecule has 0 radical (unpaired) electrons. The van der Waals surface area contributed by atoms with Crippen molar-refractivity contribution < 1.29 is 4.92 Å². The second-order valence-electron chi connectivity index (χ2n) is 5.03. The third-order valence-corrected chi connectivity index (χ3v) is 3.94. The summed E-state index contributed by atoms with van der Waals surface area (Å²) in [6, 6.07) is 7.40. The Morgan fingerprint density at radius 2 is 2.11 bits per heavy atom. The van der Waals surface area contributed by atoms with Gasteiger partial charge < -0.3 is 5.32 Å². The molecule has 2 unspecified atom stereocenters. The average Bonchev–Trinajstić information content (AvgIpc) is 2.82. The second-order valence-corrected chi connectivity index (χ2v) is 5.03. The summed E-state index contributed by atoms with van der Waals surface area (Å²) < 4.78 is 0. The van der Waals surface area contributed by atoms with Gasteiger partial charge in [-0.1, -0.05) is 19.1 Å². The summed E-state index contributed by atoms with van der Waals surface area (Å²) in [5.41, 5.74) is 1.35. The molecule has 1 aromatic carbocycles. The summed E-state index contributed by atoms with van der Waals surface area (Å²) in [5.74, 6) is 0.575. The molecule has 2 rings (SSSR count). The van der Waals surface area contributed by atoms with E-state index in [1.807, 2.05) is 19.2 Å². The number of hydrogen-bond acceptors (Lipinski definition) is 4. The van der Waals surface area contributed by atoms with E-state index in [1.54, 1.807) is 12.1 Å². The van der Waals surface area contributed by atoms with Crippen LogP contribution in [-0.2, 0) is 0 Å². The minimum atomic E-state index is -0.346. The lowest BCUT2D eigenvalue weighted by Crippen LogP contribution is -2.29. The first kappa shape index (κ1) is 14.0. The van der Waals surface area contributed by atoms with Crippen LogP contribution in [0.2, 0.25) is 0 Å². The highest BCUT2D eigenvalue weighted by atomic mass is 16.6. The number of nitrogens with zero attached hydrogens (tertiary/aromatic N) is 2. The van der Waals surface area contributed by atoms with E-state index in [-0.39, 0.29) is 10.6 Å². The molecule has 5 heteroatoms. The van der Waals surface area contributed by atoms with Gasteiger partial charge in [-0.3, -0.25) is 15.0 Å². The first-order valence-electron chi connectivity index (χ1n) is 6.80. The third-order valence-electron chi connectivity index (χ3n) is 3.94. The number of hydrogen-bond donors (Lipinski definition) is 1. The van der Waals surface area contributed by atoms with Gasteiger partial charge in [0, 0.05) is 18.2 Å². The summed E-state index contributed by atoms with van der Waals surface area (Å²) >= 11 is 0. The molecule has 2 atom stereocenters. The zero-order valence-electron chi connectivity index (χ0n) is 11.5. The monoisotopic (exact) mass is 263 g/mol. The molecule has 104 valence electrons. The molecule has 0 amide bonds. The van der Waals surface area contributed by atoms with E-state index < -0.39 is 0 Å². The number of nitrogens with one attached hydrogen (secondary N) is 1. The van der Waals surface area contributed by atoms with Gasteiger partial charge in [-0.05, 0) is 44.6 Å². The van der Waals surface area contributed by atoms with Crippen molar-refractivity contribution in [2.45, 2.75) is 19.4 Å². The lowest BCUT2D eigenvalue weighted by atomic mass is 9.93. The predicted octanol–water partition coefficient (Wildman–Crippen LogP) is 2.20. The summed E-state index contributed by atoms with van der Waals surface area (Å²) in [6.07, 6.45) is 1.18. The van der Waals surface area contributed by atoms with Crippen LogP contribution in [0.25, 0.3) is 0 Å². The smallest absolute Gasteiger partial charge is 0.269 e. The molecule has 1 saturated heterocycles. The Morgan fingerprint density at radius 1 is 1.42 bits per heavy atom. The van der Waals surface area contributed by atoms with Gasteiger partial charge in [-0.25, -0.2) is 0 Å². The zero-order valence-corrected chi connectivity index (χ0v) is 11.5. The molecule has 0 aromatic heterocycles. The molecular formula is C14H21N3O2. The number of nitro groups is 1. The van der Waals surface area contributed by atoms with Crippen LogP contribution in [0.15, 0.2) is 24.3 Å². The van der Waals surface area contributed by atoms with Gasteiger partial charge in [0.15, 0.2) is 0 Å². The Labute approximate surface area is 113 Å². The van der Waals surface area contributed by atoms with Crippen LogP contribution < -0.4 is 5.32 Å². The summed E-state index contributed by atoms with van der Waals surface area (Å²) in [7, 11) is 1.97. The summed E-state index contributed by atoms with van der Waals surface area (Å²) in [6.45, 7) is 5.27. The molecule has 1 aliphatic rings. The fourth-order valence-electron chi connectivity index (χ4n) is 3.03. The van der Waals surface area contributed by atoms with Crippen molar-refractivity contribution in [1.82, 2.24) is 10.2 Å². The summed E-state index contributed by atoms with van der Waals surface area (Å²) in [5, 5.41) is 14.0.